The highest BCUT2D eigenvalue weighted by Crippen LogP contribution is 2.36. The Hall–Kier alpha value is -2.86. The van der Waals surface area contributed by atoms with Gasteiger partial charge in [0.25, 0.3) is 5.91 Å². The molecular weight excluding hydrogens is 236 g/mol. The Bertz CT molecular complexity index is 705. The van der Waals surface area contributed by atoms with Gasteiger partial charge in [-0.2, -0.15) is 5.26 Å². The number of rotatable bonds is 1. The fourth-order valence-electron chi connectivity index (χ4n) is 2.30. The standard InChI is InChI=1S/C16H10N2O/c1-11-13-7-3-4-8-14(13)16(19)18(11)15-9-5-2-6-12(15)10-17/h2-9H,1H2. The van der Waals surface area contributed by atoms with Crippen LogP contribution < -0.4 is 4.90 Å². The molecular formula is C16H10N2O. The molecule has 1 heterocycles. The molecule has 0 bridgehead atoms. The fraction of sp³-hybridized carbons (Fsp3) is 0. The van der Waals surface area contributed by atoms with E-state index in [9.17, 15) is 4.79 Å². The molecule has 19 heavy (non-hydrogen) atoms. The Morgan fingerprint density at radius 2 is 1.63 bits per heavy atom. The predicted octanol–water partition coefficient (Wildman–Crippen LogP) is 3.19. The smallest absolute Gasteiger partial charge is 0.263 e. The number of fused-ring (bicyclic) bond motifs is 1. The molecule has 3 rings (SSSR count). The first-order valence-electron chi connectivity index (χ1n) is 5.86. The van der Waals surface area contributed by atoms with Gasteiger partial charge in [-0.05, 0) is 18.2 Å². The van der Waals surface area contributed by atoms with E-state index in [1.807, 2.05) is 18.2 Å². The zero-order valence-corrected chi connectivity index (χ0v) is 10.1. The van der Waals surface area contributed by atoms with Crippen LogP contribution in [-0.2, 0) is 0 Å². The molecule has 0 saturated heterocycles. The molecule has 0 saturated carbocycles. The van der Waals surface area contributed by atoms with Crippen LogP contribution in [0, 0.1) is 11.3 Å². The number of hydrogen-bond acceptors (Lipinski definition) is 2. The first-order chi connectivity index (χ1) is 9.24. The second-order valence-electron chi connectivity index (χ2n) is 4.26. The van der Waals surface area contributed by atoms with E-state index in [0.29, 0.717) is 22.5 Å². The monoisotopic (exact) mass is 246 g/mol. The molecule has 0 N–H and O–H groups in total. The number of amides is 1. The highest BCUT2D eigenvalue weighted by Gasteiger charge is 2.32. The number of para-hydroxylation sites is 1. The van der Waals surface area contributed by atoms with Crippen LogP contribution in [0.25, 0.3) is 5.70 Å². The van der Waals surface area contributed by atoms with Crippen LogP contribution in [0.5, 0.6) is 0 Å². The minimum atomic E-state index is -0.136. The number of benzene rings is 2. The van der Waals surface area contributed by atoms with Gasteiger partial charge in [-0.25, -0.2) is 0 Å². The van der Waals surface area contributed by atoms with Crippen molar-refractivity contribution in [2.75, 3.05) is 4.90 Å². The van der Waals surface area contributed by atoms with Crippen molar-refractivity contribution < 1.29 is 4.79 Å². The summed E-state index contributed by atoms with van der Waals surface area (Å²) in [4.78, 5) is 13.9. The molecule has 2 aromatic rings. The largest absolute Gasteiger partial charge is 0.276 e. The van der Waals surface area contributed by atoms with Crippen LogP contribution >= 0.6 is 0 Å². The summed E-state index contributed by atoms with van der Waals surface area (Å²) in [5.74, 6) is -0.136. The van der Waals surface area contributed by atoms with Gasteiger partial charge in [-0.3, -0.25) is 9.69 Å². The van der Waals surface area contributed by atoms with Crippen molar-refractivity contribution >= 4 is 17.3 Å². The Morgan fingerprint density at radius 3 is 2.32 bits per heavy atom. The fourth-order valence-corrected chi connectivity index (χ4v) is 2.30. The minimum absolute atomic E-state index is 0.136. The van der Waals surface area contributed by atoms with E-state index in [0.717, 1.165) is 5.56 Å². The van der Waals surface area contributed by atoms with Crippen molar-refractivity contribution in [3.8, 4) is 6.07 Å². The molecule has 0 fully saturated rings. The Kier molecular flexibility index (Phi) is 2.43. The lowest BCUT2D eigenvalue weighted by Crippen LogP contribution is -2.22. The zero-order valence-electron chi connectivity index (χ0n) is 10.1. The van der Waals surface area contributed by atoms with Gasteiger partial charge >= 0.3 is 0 Å². The van der Waals surface area contributed by atoms with Gasteiger partial charge in [-0.1, -0.05) is 36.9 Å². The number of carbonyl (C=O) groups excluding carboxylic acids is 1. The summed E-state index contributed by atoms with van der Waals surface area (Å²) in [6.07, 6.45) is 0. The number of anilines is 1. The summed E-state index contributed by atoms with van der Waals surface area (Å²) in [5.41, 5.74) is 3.10. The topological polar surface area (TPSA) is 44.1 Å². The van der Waals surface area contributed by atoms with E-state index in [2.05, 4.69) is 12.6 Å². The maximum absolute atomic E-state index is 12.4. The summed E-state index contributed by atoms with van der Waals surface area (Å²) in [6.45, 7) is 3.97. The number of hydrogen-bond donors (Lipinski definition) is 0. The van der Waals surface area contributed by atoms with Gasteiger partial charge in [-0.15, -0.1) is 0 Å². The number of nitrogens with zero attached hydrogens (tertiary/aromatic N) is 2. The Labute approximate surface area is 111 Å². The number of nitriles is 1. The van der Waals surface area contributed by atoms with Gasteiger partial charge in [0, 0.05) is 11.1 Å². The zero-order chi connectivity index (χ0) is 13.4. The normalized spacial score (nSPS) is 13.3. The van der Waals surface area contributed by atoms with E-state index >= 15 is 0 Å². The second-order valence-corrected chi connectivity index (χ2v) is 4.26. The molecule has 1 aliphatic rings. The van der Waals surface area contributed by atoms with Crippen LogP contribution in [-0.4, -0.2) is 5.91 Å². The maximum Gasteiger partial charge on any atom is 0.263 e. The SMILES string of the molecule is C=C1c2ccccc2C(=O)N1c1ccccc1C#N. The van der Waals surface area contributed by atoms with Crippen molar-refractivity contribution in [3.05, 3.63) is 71.8 Å². The van der Waals surface area contributed by atoms with E-state index < -0.39 is 0 Å². The summed E-state index contributed by atoms with van der Waals surface area (Å²) < 4.78 is 0. The second kappa shape index (κ2) is 4.11. The molecule has 1 aliphatic heterocycles. The third-order valence-electron chi connectivity index (χ3n) is 3.21. The van der Waals surface area contributed by atoms with Gasteiger partial charge in [0.05, 0.1) is 16.9 Å². The Balaban J connectivity index is 2.18. The third-order valence-corrected chi connectivity index (χ3v) is 3.21. The lowest BCUT2D eigenvalue weighted by Gasteiger charge is -2.18. The summed E-state index contributed by atoms with van der Waals surface area (Å²) in [5, 5.41) is 9.15. The van der Waals surface area contributed by atoms with Gasteiger partial charge in [0.1, 0.15) is 6.07 Å². The first kappa shape index (κ1) is 11.2. The van der Waals surface area contributed by atoms with Gasteiger partial charge < -0.3 is 0 Å². The molecule has 0 aliphatic carbocycles. The molecule has 1 amide bonds. The quantitative estimate of drug-likeness (QED) is 0.775. The van der Waals surface area contributed by atoms with Crippen LogP contribution in [0.15, 0.2) is 55.1 Å². The molecule has 0 atom stereocenters. The lowest BCUT2D eigenvalue weighted by molar-refractivity contribution is 0.101. The molecule has 2 aromatic carbocycles. The lowest BCUT2D eigenvalue weighted by atomic mass is 10.1. The van der Waals surface area contributed by atoms with Crippen LogP contribution in [0.1, 0.15) is 21.5 Å². The maximum atomic E-state index is 12.4. The van der Waals surface area contributed by atoms with Crippen molar-refractivity contribution in [3.63, 3.8) is 0 Å². The summed E-state index contributed by atoms with van der Waals surface area (Å²) >= 11 is 0. The van der Waals surface area contributed by atoms with E-state index in [-0.39, 0.29) is 5.91 Å². The van der Waals surface area contributed by atoms with Gasteiger partial charge in [0.2, 0.25) is 0 Å². The van der Waals surface area contributed by atoms with Crippen molar-refractivity contribution in [1.29, 1.82) is 5.26 Å². The molecule has 0 radical (unpaired) electrons. The van der Waals surface area contributed by atoms with E-state index in [1.54, 1.807) is 30.3 Å². The van der Waals surface area contributed by atoms with E-state index in [1.165, 1.54) is 4.90 Å². The highest BCUT2D eigenvalue weighted by atomic mass is 16.2. The van der Waals surface area contributed by atoms with Crippen molar-refractivity contribution in [1.82, 2.24) is 0 Å². The molecule has 3 heteroatoms. The molecule has 3 nitrogen and oxygen atoms in total. The van der Waals surface area contributed by atoms with Crippen molar-refractivity contribution in [2.24, 2.45) is 0 Å². The van der Waals surface area contributed by atoms with Gasteiger partial charge in [0.15, 0.2) is 0 Å². The first-order valence-corrected chi connectivity index (χ1v) is 5.86. The summed E-state index contributed by atoms with van der Waals surface area (Å²) in [6, 6.07) is 16.5. The van der Waals surface area contributed by atoms with Crippen LogP contribution in [0.4, 0.5) is 5.69 Å². The average molecular weight is 246 g/mol. The molecule has 90 valence electrons. The highest BCUT2D eigenvalue weighted by molar-refractivity contribution is 6.22. The van der Waals surface area contributed by atoms with Crippen molar-refractivity contribution in [2.45, 2.75) is 0 Å². The summed E-state index contributed by atoms with van der Waals surface area (Å²) in [7, 11) is 0. The average Bonchev–Trinajstić information content (AvgIpc) is 2.71. The van der Waals surface area contributed by atoms with Crippen LogP contribution in [0.2, 0.25) is 0 Å². The third kappa shape index (κ3) is 1.54. The van der Waals surface area contributed by atoms with Crippen LogP contribution in [0.3, 0.4) is 0 Å². The number of carbonyl (C=O) groups is 1. The molecule has 0 aromatic heterocycles. The molecule has 0 spiro atoms. The predicted molar refractivity (Wildman–Crippen MR) is 73.4 cm³/mol. The Morgan fingerprint density at radius 1 is 1.00 bits per heavy atom. The van der Waals surface area contributed by atoms with E-state index in [4.69, 9.17) is 5.26 Å². The minimum Gasteiger partial charge on any atom is -0.276 e. The molecule has 0 unspecified atom stereocenters.